The first-order valence-electron chi connectivity index (χ1n) is 7.60. The van der Waals surface area contributed by atoms with Gasteiger partial charge in [0.25, 0.3) is 5.91 Å². The van der Waals surface area contributed by atoms with Crippen molar-refractivity contribution in [1.82, 2.24) is 15.3 Å². The molecule has 0 radical (unpaired) electrons. The van der Waals surface area contributed by atoms with Gasteiger partial charge in [-0.3, -0.25) is 10.1 Å². The standard InChI is InChI=1S/C16H16N4OS2.ClH/c21-15(11-1-2-12-13(7-11)22-9-19-12)20-16-18-8-14(23-16)10-3-5-17-6-4-10;/h1-2,7-10,17H,3-6H2,(H,18,20,21);1H. The van der Waals surface area contributed by atoms with Crippen LogP contribution >= 0.6 is 35.1 Å². The van der Waals surface area contributed by atoms with Crippen LogP contribution in [-0.2, 0) is 0 Å². The molecule has 24 heavy (non-hydrogen) atoms. The van der Waals surface area contributed by atoms with Crippen molar-refractivity contribution < 1.29 is 4.79 Å². The molecule has 1 fully saturated rings. The SMILES string of the molecule is Cl.O=C(Nc1ncc(C2CCNCC2)s1)c1ccc2ncsc2c1. The lowest BCUT2D eigenvalue weighted by Gasteiger charge is -2.20. The normalized spacial score (nSPS) is 15.2. The summed E-state index contributed by atoms with van der Waals surface area (Å²) in [6.07, 6.45) is 4.18. The highest BCUT2D eigenvalue weighted by atomic mass is 35.5. The molecule has 0 saturated carbocycles. The Hall–Kier alpha value is -1.54. The Balaban J connectivity index is 0.00000169. The summed E-state index contributed by atoms with van der Waals surface area (Å²) in [5, 5.41) is 6.95. The van der Waals surface area contributed by atoms with Crippen molar-refractivity contribution >= 4 is 56.3 Å². The summed E-state index contributed by atoms with van der Waals surface area (Å²) in [6.45, 7) is 2.11. The number of rotatable bonds is 3. The molecule has 1 saturated heterocycles. The molecule has 0 atom stereocenters. The van der Waals surface area contributed by atoms with Crippen molar-refractivity contribution in [3.8, 4) is 0 Å². The molecule has 3 aromatic rings. The van der Waals surface area contributed by atoms with Gasteiger partial charge < -0.3 is 5.32 Å². The third-order valence-electron chi connectivity index (χ3n) is 4.08. The van der Waals surface area contributed by atoms with Crippen LogP contribution in [0.2, 0.25) is 0 Å². The van der Waals surface area contributed by atoms with E-state index in [1.165, 1.54) is 16.2 Å². The Morgan fingerprint density at radius 2 is 2.08 bits per heavy atom. The molecule has 0 bridgehead atoms. The largest absolute Gasteiger partial charge is 0.317 e. The van der Waals surface area contributed by atoms with Crippen molar-refractivity contribution in [3.05, 3.63) is 40.3 Å². The Morgan fingerprint density at radius 1 is 1.25 bits per heavy atom. The summed E-state index contributed by atoms with van der Waals surface area (Å²) in [4.78, 5) is 22.3. The van der Waals surface area contributed by atoms with E-state index in [4.69, 9.17) is 0 Å². The Bertz CT molecular complexity index is 841. The molecule has 126 valence electrons. The average Bonchev–Trinajstić information content (AvgIpc) is 3.24. The summed E-state index contributed by atoms with van der Waals surface area (Å²) >= 11 is 3.13. The van der Waals surface area contributed by atoms with E-state index in [-0.39, 0.29) is 18.3 Å². The van der Waals surface area contributed by atoms with Crippen LogP contribution in [-0.4, -0.2) is 29.0 Å². The lowest BCUT2D eigenvalue weighted by Crippen LogP contribution is -2.26. The lowest BCUT2D eigenvalue weighted by atomic mass is 9.97. The van der Waals surface area contributed by atoms with E-state index in [1.54, 1.807) is 22.9 Å². The molecule has 2 N–H and O–H groups in total. The maximum atomic E-state index is 12.4. The van der Waals surface area contributed by atoms with Crippen LogP contribution in [0.1, 0.15) is 34.0 Å². The van der Waals surface area contributed by atoms with Crippen LogP contribution < -0.4 is 10.6 Å². The summed E-state index contributed by atoms with van der Waals surface area (Å²) in [6, 6.07) is 5.56. The number of nitrogens with zero attached hydrogens (tertiary/aromatic N) is 2. The van der Waals surface area contributed by atoms with Gasteiger partial charge in [0.2, 0.25) is 0 Å². The summed E-state index contributed by atoms with van der Waals surface area (Å²) in [5.74, 6) is 0.444. The molecule has 2 aromatic heterocycles. The fraction of sp³-hybridized carbons (Fsp3) is 0.312. The second-order valence-electron chi connectivity index (χ2n) is 5.58. The summed E-state index contributed by atoms with van der Waals surface area (Å²) in [7, 11) is 0. The van der Waals surface area contributed by atoms with Gasteiger partial charge in [0.15, 0.2) is 5.13 Å². The zero-order valence-electron chi connectivity index (χ0n) is 12.8. The van der Waals surface area contributed by atoms with Gasteiger partial charge in [0.05, 0.1) is 15.7 Å². The van der Waals surface area contributed by atoms with E-state index in [1.807, 2.05) is 18.3 Å². The second kappa shape index (κ2) is 7.57. The van der Waals surface area contributed by atoms with Crippen molar-refractivity contribution in [2.24, 2.45) is 0 Å². The quantitative estimate of drug-likeness (QED) is 0.723. The van der Waals surface area contributed by atoms with Crippen LogP contribution in [0.25, 0.3) is 10.2 Å². The minimum absolute atomic E-state index is 0. The topological polar surface area (TPSA) is 66.9 Å². The molecule has 0 spiro atoms. The highest BCUT2D eigenvalue weighted by molar-refractivity contribution is 7.16. The maximum Gasteiger partial charge on any atom is 0.257 e. The van der Waals surface area contributed by atoms with Crippen LogP contribution in [0.3, 0.4) is 0 Å². The zero-order chi connectivity index (χ0) is 15.6. The number of thiazole rings is 2. The first-order chi connectivity index (χ1) is 11.3. The first kappa shape index (κ1) is 17.3. The number of carbonyl (C=O) groups excluding carboxylic acids is 1. The Morgan fingerprint density at radius 3 is 2.92 bits per heavy atom. The number of benzene rings is 1. The van der Waals surface area contributed by atoms with Crippen LogP contribution in [0.4, 0.5) is 5.13 Å². The highest BCUT2D eigenvalue weighted by Gasteiger charge is 2.18. The Kier molecular flexibility index (Phi) is 5.45. The molecule has 3 heterocycles. The number of hydrogen-bond donors (Lipinski definition) is 2. The molecule has 1 amide bonds. The highest BCUT2D eigenvalue weighted by Crippen LogP contribution is 2.32. The van der Waals surface area contributed by atoms with Gasteiger partial charge in [-0.2, -0.15) is 0 Å². The van der Waals surface area contributed by atoms with Gasteiger partial charge in [0, 0.05) is 16.6 Å². The van der Waals surface area contributed by atoms with Gasteiger partial charge in [-0.15, -0.1) is 35.1 Å². The second-order valence-corrected chi connectivity index (χ2v) is 7.53. The molecule has 1 aliphatic heterocycles. The summed E-state index contributed by atoms with van der Waals surface area (Å²) < 4.78 is 1.02. The van der Waals surface area contributed by atoms with Crippen molar-refractivity contribution in [2.75, 3.05) is 18.4 Å². The molecule has 4 rings (SSSR count). The van der Waals surface area contributed by atoms with Crippen molar-refractivity contribution in [3.63, 3.8) is 0 Å². The van der Waals surface area contributed by atoms with E-state index < -0.39 is 0 Å². The predicted octanol–water partition coefficient (Wildman–Crippen LogP) is 3.89. The number of piperidine rings is 1. The number of hydrogen-bond acceptors (Lipinski definition) is 6. The van der Waals surface area contributed by atoms with Crippen molar-refractivity contribution in [2.45, 2.75) is 18.8 Å². The number of nitrogens with one attached hydrogen (secondary N) is 2. The third kappa shape index (κ3) is 3.59. The molecule has 8 heteroatoms. The predicted molar refractivity (Wildman–Crippen MR) is 102 cm³/mol. The molecule has 5 nitrogen and oxygen atoms in total. The minimum Gasteiger partial charge on any atom is -0.317 e. The molecule has 1 aliphatic rings. The van der Waals surface area contributed by atoms with E-state index in [0.717, 1.165) is 36.1 Å². The lowest BCUT2D eigenvalue weighted by molar-refractivity contribution is 0.102. The van der Waals surface area contributed by atoms with Crippen LogP contribution in [0, 0.1) is 0 Å². The van der Waals surface area contributed by atoms with Crippen molar-refractivity contribution in [1.29, 1.82) is 0 Å². The first-order valence-corrected chi connectivity index (χ1v) is 9.30. The number of carbonyl (C=O) groups is 1. The van der Waals surface area contributed by atoms with Gasteiger partial charge in [-0.1, -0.05) is 0 Å². The van der Waals surface area contributed by atoms with Gasteiger partial charge in [-0.25, -0.2) is 9.97 Å². The van der Waals surface area contributed by atoms with Gasteiger partial charge in [-0.05, 0) is 50.0 Å². The minimum atomic E-state index is -0.119. The van der Waals surface area contributed by atoms with Crippen LogP contribution in [0.15, 0.2) is 29.9 Å². The number of aromatic nitrogens is 2. The van der Waals surface area contributed by atoms with Gasteiger partial charge >= 0.3 is 0 Å². The molecular formula is C16H17ClN4OS2. The fourth-order valence-electron chi connectivity index (χ4n) is 2.81. The van der Waals surface area contributed by atoms with E-state index >= 15 is 0 Å². The summed E-state index contributed by atoms with van der Waals surface area (Å²) in [5.41, 5.74) is 3.35. The fourth-order valence-corrected chi connectivity index (χ4v) is 4.50. The molecule has 0 aliphatic carbocycles. The Labute approximate surface area is 153 Å². The zero-order valence-corrected chi connectivity index (χ0v) is 15.3. The van der Waals surface area contributed by atoms with E-state index in [9.17, 15) is 4.79 Å². The van der Waals surface area contributed by atoms with E-state index in [2.05, 4.69) is 20.6 Å². The van der Waals surface area contributed by atoms with Gasteiger partial charge in [0.1, 0.15) is 0 Å². The van der Waals surface area contributed by atoms with E-state index in [0.29, 0.717) is 16.6 Å². The third-order valence-corrected chi connectivity index (χ3v) is 5.95. The molecular weight excluding hydrogens is 364 g/mol. The number of fused-ring (bicyclic) bond motifs is 1. The number of halogens is 1. The number of anilines is 1. The molecule has 0 unspecified atom stereocenters. The maximum absolute atomic E-state index is 12.4. The van der Waals surface area contributed by atoms with Crippen LogP contribution in [0.5, 0.6) is 0 Å². The number of amides is 1. The smallest absolute Gasteiger partial charge is 0.257 e. The average molecular weight is 381 g/mol. The molecule has 1 aromatic carbocycles. The monoisotopic (exact) mass is 380 g/mol.